The molecule has 218 valence electrons. The summed E-state index contributed by atoms with van der Waals surface area (Å²) >= 11 is 6.11. The molecule has 0 unspecified atom stereocenters. The van der Waals surface area contributed by atoms with Gasteiger partial charge in [0.15, 0.2) is 0 Å². The Kier molecular flexibility index (Phi) is 8.68. The largest absolute Gasteiger partial charge is 0.477 e. The molecule has 16 heteroatoms. The molecule has 0 bridgehead atoms. The molecule has 1 saturated heterocycles. The van der Waals surface area contributed by atoms with Gasteiger partial charge in [0.2, 0.25) is 5.91 Å². The number of anilines is 1. The molecule has 0 saturated carbocycles. The molecule has 42 heavy (non-hydrogen) atoms. The summed E-state index contributed by atoms with van der Waals surface area (Å²) in [6, 6.07) is 7.70. The SMILES string of the molecule is O=C(CCN1C(=O)C(=Cc2cccc(-c3cc(C(F)(F)F)cc(C(F)(F)F)c3)n2)SC1=S)Nc1ccc(C(=O)O)nc1. The van der Waals surface area contributed by atoms with Gasteiger partial charge in [-0.2, -0.15) is 26.3 Å². The highest BCUT2D eigenvalue weighted by atomic mass is 32.2. The maximum absolute atomic E-state index is 13.3. The van der Waals surface area contributed by atoms with Crippen molar-refractivity contribution in [3.8, 4) is 11.3 Å². The topological polar surface area (TPSA) is 112 Å². The number of aromatic carboxylic acids is 1. The van der Waals surface area contributed by atoms with Gasteiger partial charge in [-0.25, -0.2) is 14.8 Å². The van der Waals surface area contributed by atoms with Crippen LogP contribution in [0.4, 0.5) is 32.0 Å². The Balaban J connectivity index is 1.48. The summed E-state index contributed by atoms with van der Waals surface area (Å²) in [5.41, 5.74) is -3.47. The zero-order chi connectivity index (χ0) is 30.8. The van der Waals surface area contributed by atoms with Crippen molar-refractivity contribution in [2.24, 2.45) is 0 Å². The third kappa shape index (κ3) is 7.30. The summed E-state index contributed by atoms with van der Waals surface area (Å²) in [5.74, 6) is -2.31. The minimum atomic E-state index is -5.03. The van der Waals surface area contributed by atoms with Crippen molar-refractivity contribution in [1.82, 2.24) is 14.9 Å². The normalized spacial score (nSPS) is 14.9. The molecular weight excluding hydrogens is 610 g/mol. The number of pyridine rings is 2. The number of amides is 2. The molecule has 0 spiro atoms. The van der Waals surface area contributed by atoms with Gasteiger partial charge >= 0.3 is 18.3 Å². The van der Waals surface area contributed by atoms with E-state index in [2.05, 4.69) is 15.3 Å². The first-order valence-corrected chi connectivity index (χ1v) is 12.9. The van der Waals surface area contributed by atoms with Crippen molar-refractivity contribution in [3.63, 3.8) is 0 Å². The second-order valence-electron chi connectivity index (χ2n) is 8.61. The van der Waals surface area contributed by atoms with Crippen LogP contribution in [-0.2, 0) is 21.9 Å². The van der Waals surface area contributed by atoms with E-state index in [1.54, 1.807) is 0 Å². The number of thiocarbonyl (C=S) groups is 1. The smallest absolute Gasteiger partial charge is 0.416 e. The fourth-order valence-corrected chi connectivity index (χ4v) is 4.95. The summed E-state index contributed by atoms with van der Waals surface area (Å²) < 4.78 is 79.8. The van der Waals surface area contributed by atoms with Crippen molar-refractivity contribution in [2.45, 2.75) is 18.8 Å². The van der Waals surface area contributed by atoms with Gasteiger partial charge in [0, 0.05) is 18.5 Å². The van der Waals surface area contributed by atoms with E-state index in [1.165, 1.54) is 36.4 Å². The van der Waals surface area contributed by atoms with Crippen molar-refractivity contribution in [1.29, 1.82) is 0 Å². The zero-order valence-corrected chi connectivity index (χ0v) is 22.4. The van der Waals surface area contributed by atoms with Crippen LogP contribution in [0.2, 0.25) is 0 Å². The molecule has 0 atom stereocenters. The van der Waals surface area contributed by atoms with E-state index in [1.807, 2.05) is 0 Å². The van der Waals surface area contributed by atoms with Crippen LogP contribution in [0.15, 0.2) is 59.6 Å². The van der Waals surface area contributed by atoms with Gasteiger partial charge in [0.25, 0.3) is 5.91 Å². The van der Waals surface area contributed by atoms with E-state index in [0.29, 0.717) is 12.1 Å². The van der Waals surface area contributed by atoms with E-state index in [0.717, 1.165) is 22.9 Å². The lowest BCUT2D eigenvalue weighted by molar-refractivity contribution is -0.143. The van der Waals surface area contributed by atoms with Gasteiger partial charge in [-0.05, 0) is 48.5 Å². The van der Waals surface area contributed by atoms with Gasteiger partial charge in [-0.15, -0.1) is 0 Å². The Bertz CT molecular complexity index is 1580. The number of carboxylic acids is 1. The third-order valence-electron chi connectivity index (χ3n) is 5.64. The molecule has 1 fully saturated rings. The lowest BCUT2D eigenvalue weighted by Crippen LogP contribution is -2.31. The standard InChI is InChI=1S/C26H16F6N4O4S2/c27-25(28,29)14-8-13(9-15(10-14)26(30,31)32)18-3-1-2-16(34-18)11-20-22(38)36(24(41)42-20)7-6-21(37)35-17-4-5-19(23(39)40)33-12-17/h1-5,8-12H,6-7H2,(H,35,37)(H,39,40). The van der Waals surface area contributed by atoms with Crippen molar-refractivity contribution >= 4 is 57.8 Å². The maximum Gasteiger partial charge on any atom is 0.416 e. The number of carbonyl (C=O) groups excluding carboxylic acids is 2. The number of thioether (sulfide) groups is 1. The van der Waals surface area contributed by atoms with E-state index in [9.17, 15) is 40.7 Å². The number of halogens is 6. The Morgan fingerprint density at radius 2 is 1.69 bits per heavy atom. The lowest BCUT2D eigenvalue weighted by Gasteiger charge is -2.14. The molecule has 3 heterocycles. The number of carboxylic acid groups (broad SMARTS) is 1. The number of rotatable bonds is 7. The maximum atomic E-state index is 13.3. The molecule has 1 aromatic carbocycles. The van der Waals surface area contributed by atoms with Crippen LogP contribution in [0.5, 0.6) is 0 Å². The average molecular weight is 627 g/mol. The van der Waals surface area contributed by atoms with Crippen LogP contribution < -0.4 is 5.32 Å². The zero-order valence-electron chi connectivity index (χ0n) is 20.8. The van der Waals surface area contributed by atoms with Gasteiger partial charge in [-0.1, -0.05) is 30.0 Å². The Labute approximate surface area is 242 Å². The lowest BCUT2D eigenvalue weighted by atomic mass is 10.0. The molecule has 4 rings (SSSR count). The predicted octanol–water partition coefficient (Wildman–Crippen LogP) is 6.11. The summed E-state index contributed by atoms with van der Waals surface area (Å²) in [6.07, 6.45) is -7.78. The molecule has 0 radical (unpaired) electrons. The molecule has 8 nitrogen and oxygen atoms in total. The van der Waals surface area contributed by atoms with Crippen LogP contribution >= 0.6 is 24.0 Å². The van der Waals surface area contributed by atoms with Crippen LogP contribution in [0, 0.1) is 0 Å². The monoisotopic (exact) mass is 626 g/mol. The first kappa shape index (κ1) is 30.6. The highest BCUT2D eigenvalue weighted by Crippen LogP contribution is 2.38. The second-order valence-corrected chi connectivity index (χ2v) is 10.3. The molecule has 0 aliphatic carbocycles. The number of carbonyl (C=O) groups is 3. The number of alkyl halides is 6. The molecule has 2 aromatic heterocycles. The molecule has 2 N–H and O–H groups in total. The fraction of sp³-hybridized carbons (Fsp3) is 0.154. The quantitative estimate of drug-likeness (QED) is 0.184. The van der Waals surface area contributed by atoms with E-state index >= 15 is 0 Å². The molecule has 3 aromatic rings. The van der Waals surface area contributed by atoms with E-state index < -0.39 is 46.8 Å². The minimum absolute atomic E-state index is 0.0187. The summed E-state index contributed by atoms with van der Waals surface area (Å²) in [4.78, 5) is 45.2. The molecule has 2 amide bonds. The molecular formula is C26H16F6N4O4S2. The number of nitrogens with one attached hydrogen (secondary N) is 1. The number of aromatic nitrogens is 2. The predicted molar refractivity (Wildman–Crippen MR) is 144 cm³/mol. The third-order valence-corrected chi connectivity index (χ3v) is 7.01. The Hall–Kier alpha value is -4.31. The minimum Gasteiger partial charge on any atom is -0.477 e. The Morgan fingerprint density at radius 1 is 1.02 bits per heavy atom. The number of benzene rings is 1. The first-order valence-electron chi connectivity index (χ1n) is 11.6. The van der Waals surface area contributed by atoms with Crippen molar-refractivity contribution in [2.75, 3.05) is 11.9 Å². The highest BCUT2D eigenvalue weighted by molar-refractivity contribution is 8.26. The van der Waals surface area contributed by atoms with Gasteiger partial charge < -0.3 is 10.4 Å². The molecule has 1 aliphatic heterocycles. The fourth-order valence-electron chi connectivity index (χ4n) is 3.65. The number of nitrogens with zero attached hydrogens (tertiary/aromatic N) is 3. The van der Waals surface area contributed by atoms with Crippen LogP contribution in [0.1, 0.15) is 33.7 Å². The van der Waals surface area contributed by atoms with Gasteiger partial charge in [0.1, 0.15) is 10.0 Å². The van der Waals surface area contributed by atoms with Crippen LogP contribution in [0.3, 0.4) is 0 Å². The summed E-state index contributed by atoms with van der Waals surface area (Å²) in [7, 11) is 0. The average Bonchev–Trinajstić information content (AvgIpc) is 3.18. The van der Waals surface area contributed by atoms with Gasteiger partial charge in [-0.3, -0.25) is 14.5 Å². The Morgan fingerprint density at radius 3 is 2.26 bits per heavy atom. The van der Waals surface area contributed by atoms with E-state index in [-0.39, 0.29) is 51.0 Å². The van der Waals surface area contributed by atoms with Gasteiger partial charge in [0.05, 0.1) is 39.3 Å². The summed E-state index contributed by atoms with van der Waals surface area (Å²) in [5, 5.41) is 11.4. The first-order chi connectivity index (χ1) is 19.6. The number of hydrogen-bond acceptors (Lipinski definition) is 7. The van der Waals surface area contributed by atoms with E-state index in [4.69, 9.17) is 17.3 Å². The number of hydrogen-bond donors (Lipinski definition) is 2. The van der Waals surface area contributed by atoms with Crippen LogP contribution in [-0.4, -0.2) is 48.6 Å². The highest BCUT2D eigenvalue weighted by Gasteiger charge is 2.37. The van der Waals surface area contributed by atoms with Crippen molar-refractivity contribution in [3.05, 3.63) is 82.1 Å². The summed E-state index contributed by atoms with van der Waals surface area (Å²) in [6.45, 7) is -0.105. The van der Waals surface area contributed by atoms with Crippen molar-refractivity contribution < 1.29 is 45.8 Å². The second kappa shape index (κ2) is 11.9. The van der Waals surface area contributed by atoms with Crippen LogP contribution in [0.25, 0.3) is 17.3 Å². The molecule has 1 aliphatic rings.